The van der Waals surface area contributed by atoms with Crippen molar-refractivity contribution in [3.63, 3.8) is 0 Å². The summed E-state index contributed by atoms with van der Waals surface area (Å²) in [6.45, 7) is -0.0231. The van der Waals surface area contributed by atoms with Crippen LogP contribution in [0.5, 0.6) is 11.6 Å². The molecular formula is C13H12N2O4. The van der Waals surface area contributed by atoms with Gasteiger partial charge in [0.15, 0.2) is 0 Å². The van der Waals surface area contributed by atoms with Crippen LogP contribution in [0.15, 0.2) is 42.6 Å². The molecule has 0 fully saturated rings. The van der Waals surface area contributed by atoms with Crippen molar-refractivity contribution in [2.45, 2.75) is 6.42 Å². The Morgan fingerprint density at radius 3 is 2.79 bits per heavy atom. The van der Waals surface area contributed by atoms with Gasteiger partial charge in [-0.15, -0.1) is 0 Å². The SMILES string of the molecule is O=[N+]([O-])c1cccnc1Oc1ccccc1CCO. The summed E-state index contributed by atoms with van der Waals surface area (Å²) in [5.74, 6) is 0.399. The molecule has 0 saturated carbocycles. The first-order chi connectivity index (χ1) is 9.22. The molecule has 19 heavy (non-hydrogen) atoms. The molecule has 2 rings (SSSR count). The van der Waals surface area contributed by atoms with E-state index in [1.807, 2.05) is 6.07 Å². The average molecular weight is 260 g/mol. The van der Waals surface area contributed by atoms with Crippen molar-refractivity contribution in [1.82, 2.24) is 4.98 Å². The lowest BCUT2D eigenvalue weighted by Crippen LogP contribution is -1.99. The van der Waals surface area contributed by atoms with Crippen molar-refractivity contribution >= 4 is 5.69 Å². The number of pyridine rings is 1. The number of aliphatic hydroxyl groups is 1. The number of rotatable bonds is 5. The highest BCUT2D eigenvalue weighted by Gasteiger charge is 2.17. The number of ether oxygens (including phenoxy) is 1. The van der Waals surface area contributed by atoms with Crippen molar-refractivity contribution in [2.75, 3.05) is 6.61 Å². The predicted molar refractivity (Wildman–Crippen MR) is 68.2 cm³/mol. The lowest BCUT2D eigenvalue weighted by atomic mass is 10.1. The van der Waals surface area contributed by atoms with E-state index in [1.54, 1.807) is 18.2 Å². The Bertz CT molecular complexity index is 586. The Labute approximate surface area is 109 Å². The van der Waals surface area contributed by atoms with Gasteiger partial charge in [-0.1, -0.05) is 18.2 Å². The number of benzene rings is 1. The van der Waals surface area contributed by atoms with Gasteiger partial charge in [0, 0.05) is 18.9 Å². The highest BCUT2D eigenvalue weighted by molar-refractivity contribution is 5.44. The topological polar surface area (TPSA) is 85.5 Å². The number of aliphatic hydroxyl groups excluding tert-OH is 1. The highest BCUT2D eigenvalue weighted by Crippen LogP contribution is 2.30. The molecule has 0 amide bonds. The predicted octanol–water partition coefficient (Wildman–Crippen LogP) is 2.32. The molecular weight excluding hydrogens is 248 g/mol. The van der Waals surface area contributed by atoms with Crippen LogP contribution in [-0.2, 0) is 6.42 Å². The van der Waals surface area contributed by atoms with Crippen molar-refractivity contribution in [3.8, 4) is 11.6 Å². The third kappa shape index (κ3) is 3.05. The van der Waals surface area contributed by atoms with Crippen LogP contribution in [-0.4, -0.2) is 21.6 Å². The zero-order chi connectivity index (χ0) is 13.7. The van der Waals surface area contributed by atoms with Gasteiger partial charge in [0.25, 0.3) is 5.88 Å². The summed E-state index contributed by atoms with van der Waals surface area (Å²) < 4.78 is 5.49. The van der Waals surface area contributed by atoms with Crippen LogP contribution in [0.3, 0.4) is 0 Å². The summed E-state index contributed by atoms with van der Waals surface area (Å²) >= 11 is 0. The molecule has 0 atom stereocenters. The summed E-state index contributed by atoms with van der Waals surface area (Å²) in [7, 11) is 0. The first kappa shape index (κ1) is 13.0. The van der Waals surface area contributed by atoms with E-state index >= 15 is 0 Å². The number of nitro groups is 1. The molecule has 98 valence electrons. The third-order valence-corrected chi connectivity index (χ3v) is 2.51. The van der Waals surface area contributed by atoms with Gasteiger partial charge in [0.1, 0.15) is 5.75 Å². The van der Waals surface area contributed by atoms with Crippen LogP contribution < -0.4 is 4.74 Å². The van der Waals surface area contributed by atoms with E-state index in [1.165, 1.54) is 18.3 Å². The zero-order valence-electron chi connectivity index (χ0n) is 10.0. The molecule has 0 unspecified atom stereocenters. The van der Waals surface area contributed by atoms with Gasteiger partial charge < -0.3 is 9.84 Å². The lowest BCUT2D eigenvalue weighted by Gasteiger charge is -2.09. The van der Waals surface area contributed by atoms with Crippen molar-refractivity contribution in [2.24, 2.45) is 0 Å². The van der Waals surface area contributed by atoms with Crippen LogP contribution >= 0.6 is 0 Å². The van der Waals surface area contributed by atoms with Gasteiger partial charge in [-0.2, -0.15) is 0 Å². The van der Waals surface area contributed by atoms with E-state index < -0.39 is 4.92 Å². The fourth-order valence-electron chi connectivity index (χ4n) is 1.63. The molecule has 2 aromatic rings. The molecule has 0 bridgehead atoms. The van der Waals surface area contributed by atoms with E-state index in [9.17, 15) is 10.1 Å². The molecule has 0 saturated heterocycles. The first-order valence-electron chi connectivity index (χ1n) is 5.68. The van der Waals surface area contributed by atoms with E-state index in [-0.39, 0.29) is 18.2 Å². The van der Waals surface area contributed by atoms with Gasteiger partial charge in [0.05, 0.1) is 4.92 Å². The maximum absolute atomic E-state index is 10.9. The summed E-state index contributed by atoms with van der Waals surface area (Å²) in [5.41, 5.74) is 0.575. The number of hydrogen-bond acceptors (Lipinski definition) is 5. The van der Waals surface area contributed by atoms with Crippen LogP contribution in [0.2, 0.25) is 0 Å². The standard InChI is InChI=1S/C13H12N2O4/c16-9-7-10-4-1-2-6-12(10)19-13-11(15(17)18)5-3-8-14-13/h1-6,8,16H,7,9H2. The van der Waals surface area contributed by atoms with E-state index in [4.69, 9.17) is 9.84 Å². The Morgan fingerprint density at radius 2 is 2.05 bits per heavy atom. The largest absolute Gasteiger partial charge is 0.433 e. The van der Waals surface area contributed by atoms with Crippen molar-refractivity contribution in [1.29, 1.82) is 0 Å². The van der Waals surface area contributed by atoms with E-state index in [0.29, 0.717) is 12.2 Å². The van der Waals surface area contributed by atoms with Gasteiger partial charge in [-0.25, -0.2) is 4.98 Å². The molecule has 0 aliphatic heterocycles. The summed E-state index contributed by atoms with van der Waals surface area (Å²) in [5, 5.41) is 19.8. The molecule has 0 aliphatic rings. The molecule has 6 heteroatoms. The third-order valence-electron chi connectivity index (χ3n) is 2.51. The Morgan fingerprint density at radius 1 is 1.26 bits per heavy atom. The average Bonchev–Trinajstić information content (AvgIpc) is 2.42. The molecule has 1 aromatic heterocycles. The van der Waals surface area contributed by atoms with Crippen LogP contribution in [0, 0.1) is 10.1 Å². The number of para-hydroxylation sites is 1. The number of aromatic nitrogens is 1. The molecule has 6 nitrogen and oxygen atoms in total. The molecule has 1 heterocycles. The monoisotopic (exact) mass is 260 g/mol. The minimum absolute atomic E-state index is 0.0231. The molecule has 1 aromatic carbocycles. The zero-order valence-corrected chi connectivity index (χ0v) is 10.0. The van der Waals surface area contributed by atoms with Gasteiger partial charge in [-0.05, 0) is 24.1 Å². The maximum atomic E-state index is 10.9. The van der Waals surface area contributed by atoms with Crippen molar-refractivity contribution in [3.05, 3.63) is 58.3 Å². The van der Waals surface area contributed by atoms with Gasteiger partial charge in [0.2, 0.25) is 0 Å². The second-order valence-electron chi connectivity index (χ2n) is 3.77. The fraction of sp³-hybridized carbons (Fsp3) is 0.154. The smallest absolute Gasteiger partial charge is 0.331 e. The maximum Gasteiger partial charge on any atom is 0.331 e. The number of hydrogen-bond donors (Lipinski definition) is 1. The van der Waals surface area contributed by atoms with E-state index in [0.717, 1.165) is 5.56 Å². The summed E-state index contributed by atoms with van der Waals surface area (Å²) in [4.78, 5) is 14.2. The Hall–Kier alpha value is -2.47. The van der Waals surface area contributed by atoms with Crippen LogP contribution in [0.25, 0.3) is 0 Å². The Kier molecular flexibility index (Phi) is 4.04. The minimum atomic E-state index is -0.545. The fourth-order valence-corrected chi connectivity index (χ4v) is 1.63. The summed E-state index contributed by atoms with van der Waals surface area (Å²) in [6.07, 6.45) is 1.84. The number of nitrogens with zero attached hydrogens (tertiary/aromatic N) is 2. The van der Waals surface area contributed by atoms with Crippen molar-refractivity contribution < 1.29 is 14.8 Å². The van der Waals surface area contributed by atoms with E-state index in [2.05, 4.69) is 4.98 Å². The molecule has 0 spiro atoms. The Balaban J connectivity index is 2.34. The minimum Gasteiger partial charge on any atom is -0.433 e. The normalized spacial score (nSPS) is 10.2. The second kappa shape index (κ2) is 5.92. The second-order valence-corrected chi connectivity index (χ2v) is 3.77. The first-order valence-corrected chi connectivity index (χ1v) is 5.68. The quantitative estimate of drug-likeness (QED) is 0.658. The van der Waals surface area contributed by atoms with Gasteiger partial charge >= 0.3 is 5.69 Å². The molecule has 0 aliphatic carbocycles. The lowest BCUT2D eigenvalue weighted by molar-refractivity contribution is -0.386. The molecule has 1 N–H and O–H groups in total. The van der Waals surface area contributed by atoms with Crippen LogP contribution in [0.4, 0.5) is 5.69 Å². The van der Waals surface area contributed by atoms with Crippen LogP contribution in [0.1, 0.15) is 5.56 Å². The van der Waals surface area contributed by atoms with Gasteiger partial charge in [-0.3, -0.25) is 10.1 Å². The summed E-state index contributed by atoms with van der Waals surface area (Å²) in [6, 6.07) is 9.85. The molecule has 0 radical (unpaired) electrons. The highest BCUT2D eigenvalue weighted by atomic mass is 16.6.